The molecule has 2 aromatic carbocycles. The fourth-order valence-electron chi connectivity index (χ4n) is 2.16. The zero-order valence-electron chi connectivity index (χ0n) is 12.3. The third-order valence-corrected chi connectivity index (χ3v) is 3.35. The van der Waals surface area contributed by atoms with Gasteiger partial charge in [0.25, 0.3) is 0 Å². The van der Waals surface area contributed by atoms with Crippen molar-refractivity contribution in [2.75, 3.05) is 14.2 Å². The van der Waals surface area contributed by atoms with Gasteiger partial charge in [-0.2, -0.15) is 0 Å². The quantitative estimate of drug-likeness (QED) is 0.917. The summed E-state index contributed by atoms with van der Waals surface area (Å²) in [6, 6.07) is 16.4. The third-order valence-electron chi connectivity index (χ3n) is 3.35. The summed E-state index contributed by atoms with van der Waals surface area (Å²) in [4.78, 5) is 14.0. The monoisotopic (exact) mass is 284 g/mol. The second-order valence-corrected chi connectivity index (χ2v) is 4.93. The molecule has 0 heterocycles. The van der Waals surface area contributed by atoms with Crippen LogP contribution in [0.4, 0.5) is 0 Å². The molecule has 1 atom stereocenters. The zero-order chi connectivity index (χ0) is 15.2. The lowest BCUT2D eigenvalue weighted by Gasteiger charge is -2.22. The SMILES string of the molecule is COc1cccc(CN(C)C(=O)C(N)c2ccccc2)c1. The summed E-state index contributed by atoms with van der Waals surface area (Å²) in [5.74, 6) is 0.671. The van der Waals surface area contributed by atoms with E-state index < -0.39 is 6.04 Å². The molecular weight excluding hydrogens is 264 g/mol. The summed E-state index contributed by atoms with van der Waals surface area (Å²) >= 11 is 0. The molecule has 0 saturated heterocycles. The Balaban J connectivity index is 2.05. The standard InChI is InChI=1S/C17H20N2O2/c1-19(12-13-7-6-10-15(11-13)21-2)17(20)16(18)14-8-4-3-5-9-14/h3-11,16H,12,18H2,1-2H3. The highest BCUT2D eigenvalue weighted by Crippen LogP contribution is 2.16. The van der Waals surface area contributed by atoms with Crippen molar-refractivity contribution in [3.05, 3.63) is 65.7 Å². The lowest BCUT2D eigenvalue weighted by atomic mass is 10.1. The highest BCUT2D eigenvalue weighted by atomic mass is 16.5. The van der Waals surface area contributed by atoms with Gasteiger partial charge in [0.1, 0.15) is 11.8 Å². The number of nitrogens with two attached hydrogens (primary N) is 1. The van der Waals surface area contributed by atoms with Crippen LogP contribution in [0.5, 0.6) is 5.75 Å². The number of ether oxygens (including phenoxy) is 1. The number of likely N-dealkylation sites (N-methyl/N-ethyl adjacent to an activating group) is 1. The van der Waals surface area contributed by atoms with Crippen LogP contribution in [-0.4, -0.2) is 25.0 Å². The van der Waals surface area contributed by atoms with Crippen LogP contribution in [0.25, 0.3) is 0 Å². The van der Waals surface area contributed by atoms with E-state index >= 15 is 0 Å². The zero-order valence-corrected chi connectivity index (χ0v) is 12.3. The van der Waals surface area contributed by atoms with Gasteiger partial charge in [-0.1, -0.05) is 42.5 Å². The summed E-state index contributed by atoms with van der Waals surface area (Å²) in [7, 11) is 3.38. The van der Waals surface area contributed by atoms with E-state index in [1.807, 2.05) is 54.6 Å². The van der Waals surface area contributed by atoms with Gasteiger partial charge in [0.2, 0.25) is 5.91 Å². The smallest absolute Gasteiger partial charge is 0.244 e. The molecule has 4 heteroatoms. The molecule has 0 spiro atoms. The van der Waals surface area contributed by atoms with E-state index in [9.17, 15) is 4.79 Å². The normalized spacial score (nSPS) is 11.8. The van der Waals surface area contributed by atoms with Crippen molar-refractivity contribution < 1.29 is 9.53 Å². The third kappa shape index (κ3) is 3.83. The number of carbonyl (C=O) groups is 1. The van der Waals surface area contributed by atoms with Crippen molar-refractivity contribution in [1.82, 2.24) is 4.90 Å². The van der Waals surface area contributed by atoms with Crippen LogP contribution >= 0.6 is 0 Å². The molecule has 0 aliphatic rings. The number of carbonyl (C=O) groups excluding carboxylic acids is 1. The van der Waals surface area contributed by atoms with Gasteiger partial charge in [-0.25, -0.2) is 0 Å². The minimum atomic E-state index is -0.637. The molecule has 0 fully saturated rings. The Morgan fingerprint density at radius 2 is 1.90 bits per heavy atom. The van der Waals surface area contributed by atoms with Gasteiger partial charge in [0, 0.05) is 13.6 Å². The predicted molar refractivity (Wildman–Crippen MR) is 82.8 cm³/mol. The number of methoxy groups -OCH3 is 1. The lowest BCUT2D eigenvalue weighted by molar-refractivity contribution is -0.131. The summed E-state index contributed by atoms with van der Waals surface area (Å²) < 4.78 is 5.19. The Morgan fingerprint density at radius 3 is 2.57 bits per heavy atom. The van der Waals surface area contributed by atoms with Crippen molar-refractivity contribution in [3.8, 4) is 5.75 Å². The second kappa shape index (κ2) is 6.90. The topological polar surface area (TPSA) is 55.6 Å². The molecule has 0 radical (unpaired) electrons. The Hall–Kier alpha value is -2.33. The molecule has 2 rings (SSSR count). The summed E-state index contributed by atoms with van der Waals surface area (Å²) in [5.41, 5.74) is 7.86. The van der Waals surface area contributed by atoms with Crippen LogP contribution in [0.15, 0.2) is 54.6 Å². The number of rotatable bonds is 5. The fourth-order valence-corrected chi connectivity index (χ4v) is 2.16. The summed E-state index contributed by atoms with van der Waals surface area (Å²) in [5, 5.41) is 0. The average molecular weight is 284 g/mol. The van der Waals surface area contributed by atoms with Crippen molar-refractivity contribution in [2.24, 2.45) is 5.73 Å². The summed E-state index contributed by atoms with van der Waals surface area (Å²) in [6.45, 7) is 0.497. The van der Waals surface area contributed by atoms with Gasteiger partial charge in [0.15, 0.2) is 0 Å². The van der Waals surface area contributed by atoms with Gasteiger partial charge in [0.05, 0.1) is 7.11 Å². The molecule has 21 heavy (non-hydrogen) atoms. The highest BCUT2D eigenvalue weighted by Gasteiger charge is 2.19. The average Bonchev–Trinajstić information content (AvgIpc) is 2.54. The van der Waals surface area contributed by atoms with Gasteiger partial charge < -0.3 is 15.4 Å². The van der Waals surface area contributed by atoms with Crippen molar-refractivity contribution in [1.29, 1.82) is 0 Å². The molecule has 2 aromatic rings. The molecular formula is C17H20N2O2. The van der Waals surface area contributed by atoms with Crippen LogP contribution in [0, 0.1) is 0 Å². The first kappa shape index (κ1) is 15.1. The molecule has 0 aliphatic heterocycles. The van der Waals surface area contributed by atoms with E-state index in [2.05, 4.69) is 0 Å². The molecule has 0 aromatic heterocycles. The van der Waals surface area contributed by atoms with E-state index in [1.54, 1.807) is 19.1 Å². The second-order valence-electron chi connectivity index (χ2n) is 4.93. The number of amides is 1. The van der Waals surface area contributed by atoms with Gasteiger partial charge in [-0.15, -0.1) is 0 Å². The molecule has 1 amide bonds. The maximum atomic E-state index is 12.4. The molecule has 0 saturated carbocycles. The maximum absolute atomic E-state index is 12.4. The molecule has 4 nitrogen and oxygen atoms in total. The molecule has 0 bridgehead atoms. The number of nitrogens with zero attached hydrogens (tertiary/aromatic N) is 1. The van der Waals surface area contributed by atoms with E-state index in [0.29, 0.717) is 6.54 Å². The first-order valence-corrected chi connectivity index (χ1v) is 6.80. The first-order chi connectivity index (χ1) is 10.1. The number of hydrogen-bond acceptors (Lipinski definition) is 3. The molecule has 110 valence electrons. The van der Waals surface area contributed by atoms with E-state index in [-0.39, 0.29) is 5.91 Å². The minimum absolute atomic E-state index is 0.107. The van der Waals surface area contributed by atoms with E-state index in [4.69, 9.17) is 10.5 Å². The van der Waals surface area contributed by atoms with Crippen molar-refractivity contribution >= 4 is 5.91 Å². The minimum Gasteiger partial charge on any atom is -0.497 e. The Morgan fingerprint density at radius 1 is 1.19 bits per heavy atom. The maximum Gasteiger partial charge on any atom is 0.244 e. The lowest BCUT2D eigenvalue weighted by Crippen LogP contribution is -2.35. The van der Waals surface area contributed by atoms with Gasteiger partial charge in [-0.3, -0.25) is 4.79 Å². The summed E-state index contributed by atoms with van der Waals surface area (Å²) in [6.07, 6.45) is 0. The van der Waals surface area contributed by atoms with E-state index in [0.717, 1.165) is 16.9 Å². The first-order valence-electron chi connectivity index (χ1n) is 6.80. The van der Waals surface area contributed by atoms with Crippen LogP contribution < -0.4 is 10.5 Å². The highest BCUT2D eigenvalue weighted by molar-refractivity contribution is 5.82. The Kier molecular flexibility index (Phi) is 4.95. The molecule has 1 unspecified atom stereocenters. The fraction of sp³-hybridized carbons (Fsp3) is 0.235. The van der Waals surface area contributed by atoms with Crippen LogP contribution in [0.2, 0.25) is 0 Å². The van der Waals surface area contributed by atoms with Gasteiger partial charge in [-0.05, 0) is 23.3 Å². The Labute approximate surface area is 125 Å². The van der Waals surface area contributed by atoms with E-state index in [1.165, 1.54) is 0 Å². The largest absolute Gasteiger partial charge is 0.497 e. The molecule has 2 N–H and O–H groups in total. The number of benzene rings is 2. The Bertz CT molecular complexity index is 599. The van der Waals surface area contributed by atoms with Crippen LogP contribution in [-0.2, 0) is 11.3 Å². The van der Waals surface area contributed by atoms with Crippen molar-refractivity contribution in [3.63, 3.8) is 0 Å². The number of hydrogen-bond donors (Lipinski definition) is 1. The van der Waals surface area contributed by atoms with Crippen LogP contribution in [0.1, 0.15) is 17.2 Å². The molecule has 0 aliphatic carbocycles. The van der Waals surface area contributed by atoms with Crippen LogP contribution in [0.3, 0.4) is 0 Å². The van der Waals surface area contributed by atoms with Crippen molar-refractivity contribution in [2.45, 2.75) is 12.6 Å². The van der Waals surface area contributed by atoms with Gasteiger partial charge >= 0.3 is 0 Å². The predicted octanol–water partition coefficient (Wildman–Crippen LogP) is 2.35.